The number of rotatable bonds is 11. The zero-order valence-corrected chi connectivity index (χ0v) is 35.0. The Morgan fingerprint density at radius 2 is 1.67 bits per heavy atom. The molecule has 0 aromatic heterocycles. The number of esters is 1. The molecule has 10 atom stereocenters. The number of fused-ring (bicyclic) bond motifs is 6. The number of benzene rings is 2. The summed E-state index contributed by atoms with van der Waals surface area (Å²) in [5, 5.41) is 16.7. The van der Waals surface area contributed by atoms with Gasteiger partial charge in [-0.3, -0.25) is 19.2 Å². The van der Waals surface area contributed by atoms with E-state index in [4.69, 9.17) is 23.8 Å². The Labute approximate surface area is 352 Å². The summed E-state index contributed by atoms with van der Waals surface area (Å²) >= 11 is 0. The Morgan fingerprint density at radius 1 is 0.900 bits per heavy atom. The molecule has 4 heterocycles. The first kappa shape index (κ1) is 39.2. The molecule has 2 bridgehead atoms. The van der Waals surface area contributed by atoms with Crippen LogP contribution in [0.4, 0.5) is 0 Å². The van der Waals surface area contributed by atoms with E-state index in [0.717, 1.165) is 61.6 Å². The van der Waals surface area contributed by atoms with Gasteiger partial charge in [-0.2, -0.15) is 5.06 Å². The largest absolute Gasteiger partial charge is 0.458 e. The van der Waals surface area contributed by atoms with Crippen LogP contribution >= 0.6 is 0 Å². The highest BCUT2D eigenvalue weighted by atomic mass is 16.8. The number of amides is 2. The molecule has 5 saturated carbocycles. The minimum atomic E-state index is -1.29. The molecule has 4 saturated heterocycles. The minimum absolute atomic E-state index is 0.0510. The van der Waals surface area contributed by atoms with E-state index in [1.165, 1.54) is 18.4 Å². The number of hydrogen-bond acceptors (Lipinski definition) is 10. The normalized spacial score (nSPS) is 38.9. The van der Waals surface area contributed by atoms with Crippen LogP contribution < -0.4 is 10.6 Å². The first-order valence-electron chi connectivity index (χ1n) is 22.6. The van der Waals surface area contributed by atoms with Gasteiger partial charge in [0, 0.05) is 36.9 Å². The summed E-state index contributed by atoms with van der Waals surface area (Å²) in [6.07, 6.45) is 10.3. The molecule has 2 aromatic rings. The number of hydrogen-bond donors (Lipinski definition) is 3. The topological polar surface area (TPSA) is 148 Å². The lowest BCUT2D eigenvalue weighted by Gasteiger charge is -2.53. The van der Waals surface area contributed by atoms with E-state index in [-0.39, 0.29) is 61.9 Å². The van der Waals surface area contributed by atoms with Gasteiger partial charge >= 0.3 is 5.97 Å². The van der Waals surface area contributed by atoms with Crippen LogP contribution in [0.5, 0.6) is 0 Å². The van der Waals surface area contributed by atoms with E-state index in [9.17, 15) is 19.5 Å². The van der Waals surface area contributed by atoms with Crippen molar-refractivity contribution in [2.75, 3.05) is 13.2 Å². The smallest absolute Gasteiger partial charge is 0.327 e. The van der Waals surface area contributed by atoms with E-state index >= 15 is 0 Å². The van der Waals surface area contributed by atoms with Crippen LogP contribution in [0.1, 0.15) is 112 Å². The Hall–Kier alpha value is -3.65. The van der Waals surface area contributed by atoms with Gasteiger partial charge < -0.3 is 34.7 Å². The molecule has 0 radical (unpaired) electrons. The number of ether oxygens (including phenoxy) is 4. The Balaban J connectivity index is 0.864. The molecule has 320 valence electrons. The summed E-state index contributed by atoms with van der Waals surface area (Å²) in [5.74, 6) is 0.0139. The number of nitrogens with one attached hydrogen (secondary N) is 2. The van der Waals surface area contributed by atoms with Crippen LogP contribution in [0, 0.1) is 34.5 Å². The highest BCUT2D eigenvalue weighted by Gasteiger charge is 2.78. The number of epoxide rings is 1. The van der Waals surface area contributed by atoms with Gasteiger partial charge in [-0.25, -0.2) is 0 Å². The van der Waals surface area contributed by atoms with Crippen molar-refractivity contribution in [3.8, 4) is 0 Å². The van der Waals surface area contributed by atoms with Gasteiger partial charge in [0.05, 0.1) is 24.9 Å². The minimum Gasteiger partial charge on any atom is -0.458 e. The Morgan fingerprint density at radius 3 is 2.40 bits per heavy atom. The molecule has 9 aliphatic rings. The second-order valence-corrected chi connectivity index (χ2v) is 20.4. The average molecular weight is 822 g/mol. The molecular formula is C48H59N3O9. The van der Waals surface area contributed by atoms with Crippen LogP contribution in [0.2, 0.25) is 0 Å². The molecule has 2 aromatic carbocycles. The fourth-order valence-corrected chi connectivity index (χ4v) is 12.4. The number of aliphatic hydroxyl groups is 1. The van der Waals surface area contributed by atoms with Gasteiger partial charge in [-0.05, 0) is 111 Å². The summed E-state index contributed by atoms with van der Waals surface area (Å²) in [7, 11) is 0. The molecule has 3 N–H and O–H groups in total. The molecule has 60 heavy (non-hydrogen) atoms. The molecule has 5 aliphatic carbocycles. The first-order valence-corrected chi connectivity index (χ1v) is 22.6. The number of allylic oxidation sites excluding steroid dienone is 1. The molecule has 9 fully saturated rings. The van der Waals surface area contributed by atoms with Gasteiger partial charge in [0.2, 0.25) is 5.91 Å². The second kappa shape index (κ2) is 14.2. The highest BCUT2D eigenvalue weighted by molar-refractivity contribution is 5.95. The second-order valence-electron chi connectivity index (χ2n) is 20.4. The third-order valence-electron chi connectivity index (χ3n) is 16.0. The maximum absolute atomic E-state index is 14.9. The standard InChI is InChI=1S/C48H59N3O9/c1-45(2)23-34-30(11-16-37-46(3,57-37)18-17-35(34)45)21-27-7-9-28(10-8-27)26-51-40-43(54)56-36-24-47(40,44(55)50-25-29-5-4-6-31(22-29)42(53)49-19-20-52)41(60-51)39-38(36)58-48(59-39,32-12-13-32)33-14-15-33/h4-10,21-22,32-41,52H,11-20,23-26H2,1-3H3,(H,49,53)(H,50,55). The number of nitrogens with zero attached hydrogens (tertiary/aromatic N) is 1. The predicted octanol–water partition coefficient (Wildman–Crippen LogP) is 5.60. The number of carbonyl (C=O) groups excluding carboxylic acids is 3. The van der Waals surface area contributed by atoms with Gasteiger partial charge in [-0.1, -0.05) is 61.9 Å². The number of carbonyl (C=O) groups is 3. The lowest BCUT2D eigenvalue weighted by Crippen LogP contribution is -2.69. The molecule has 11 rings (SSSR count). The molecule has 4 aliphatic heterocycles. The molecule has 10 unspecified atom stereocenters. The summed E-state index contributed by atoms with van der Waals surface area (Å²) in [6, 6.07) is 14.6. The third kappa shape index (κ3) is 6.41. The number of hydroxylamine groups is 2. The van der Waals surface area contributed by atoms with E-state index < -0.39 is 47.6 Å². The summed E-state index contributed by atoms with van der Waals surface area (Å²) in [5.41, 5.74) is 3.91. The highest BCUT2D eigenvalue weighted by Crippen LogP contribution is 2.64. The number of aliphatic hydroxyl groups excluding tert-OH is 1. The van der Waals surface area contributed by atoms with Crippen molar-refractivity contribution in [1.29, 1.82) is 0 Å². The zero-order chi connectivity index (χ0) is 41.2. The van der Waals surface area contributed by atoms with Gasteiger partial charge in [0.15, 0.2) is 11.8 Å². The van der Waals surface area contributed by atoms with Crippen molar-refractivity contribution >= 4 is 23.9 Å². The van der Waals surface area contributed by atoms with Gasteiger partial charge in [0.1, 0.15) is 29.8 Å². The quantitative estimate of drug-likeness (QED) is 0.193. The maximum Gasteiger partial charge on any atom is 0.327 e. The summed E-state index contributed by atoms with van der Waals surface area (Å²) in [6.45, 7) is 7.54. The predicted molar refractivity (Wildman–Crippen MR) is 218 cm³/mol. The van der Waals surface area contributed by atoms with E-state index in [0.29, 0.717) is 28.9 Å². The zero-order valence-electron chi connectivity index (χ0n) is 35.0. The molecule has 12 nitrogen and oxygen atoms in total. The van der Waals surface area contributed by atoms with E-state index in [1.54, 1.807) is 23.3 Å². The van der Waals surface area contributed by atoms with Crippen molar-refractivity contribution in [2.45, 2.75) is 146 Å². The summed E-state index contributed by atoms with van der Waals surface area (Å²) < 4.78 is 26.4. The molecule has 0 spiro atoms. The molecule has 12 heteroatoms. The monoisotopic (exact) mass is 821 g/mol. The Kier molecular flexibility index (Phi) is 9.27. The van der Waals surface area contributed by atoms with Crippen LogP contribution in [-0.4, -0.2) is 89.1 Å². The van der Waals surface area contributed by atoms with Crippen LogP contribution in [0.15, 0.2) is 54.1 Å². The SMILES string of the molecule is CC1(C)CC2C(=Cc3ccc(CN4OC5C6OC(C7CC7)(C7CC7)OC6C6CC5(C(=O)NCc5cccc(C(=O)NCCO)c5)C4C(=O)O6)cc3)CCC3OC3(C)CCC21. The van der Waals surface area contributed by atoms with Crippen molar-refractivity contribution in [3.63, 3.8) is 0 Å². The molecule has 2 amide bonds. The maximum atomic E-state index is 14.9. The molecular weight excluding hydrogens is 763 g/mol. The van der Waals surface area contributed by atoms with Crippen LogP contribution in [0.3, 0.4) is 0 Å². The van der Waals surface area contributed by atoms with Gasteiger partial charge in [0.25, 0.3) is 5.91 Å². The van der Waals surface area contributed by atoms with Crippen LogP contribution in [0.25, 0.3) is 6.08 Å². The third-order valence-corrected chi connectivity index (χ3v) is 16.0. The fourth-order valence-electron chi connectivity index (χ4n) is 12.4. The first-order chi connectivity index (χ1) is 28.9. The van der Waals surface area contributed by atoms with Crippen molar-refractivity contribution < 1.29 is 43.3 Å². The lowest BCUT2D eigenvalue weighted by atomic mass is 9.52. The van der Waals surface area contributed by atoms with E-state index in [2.05, 4.69) is 61.7 Å². The van der Waals surface area contributed by atoms with Crippen molar-refractivity contribution in [2.24, 2.45) is 34.5 Å². The lowest BCUT2D eigenvalue weighted by molar-refractivity contribution is -0.235. The van der Waals surface area contributed by atoms with Crippen molar-refractivity contribution in [3.05, 3.63) is 76.4 Å². The van der Waals surface area contributed by atoms with Crippen LogP contribution in [-0.2, 0) is 46.5 Å². The Bertz CT molecular complexity index is 2080. The average Bonchev–Trinajstić information content (AvgIpc) is 4.18. The van der Waals surface area contributed by atoms with Gasteiger partial charge in [-0.15, -0.1) is 0 Å². The fraction of sp³-hybridized carbons (Fsp3) is 0.646. The van der Waals surface area contributed by atoms with E-state index in [1.807, 2.05) is 6.07 Å². The summed E-state index contributed by atoms with van der Waals surface area (Å²) in [4.78, 5) is 48.7. The van der Waals surface area contributed by atoms with Crippen molar-refractivity contribution in [1.82, 2.24) is 15.7 Å².